The van der Waals surface area contributed by atoms with Gasteiger partial charge in [-0.3, -0.25) is 9.69 Å². The molecule has 0 aromatic heterocycles. The molecule has 0 aromatic carbocycles. The Labute approximate surface area is 120 Å². The van der Waals surface area contributed by atoms with Crippen LogP contribution in [-0.2, 0) is 9.53 Å². The minimum Gasteiger partial charge on any atom is -0.394 e. The minimum atomic E-state index is -0.303. The van der Waals surface area contributed by atoms with Crippen molar-refractivity contribution < 1.29 is 14.6 Å². The van der Waals surface area contributed by atoms with Gasteiger partial charge in [0.05, 0.1) is 25.3 Å². The molecule has 0 saturated carbocycles. The number of carbonyl (C=O) groups is 1. The van der Waals surface area contributed by atoms with Crippen LogP contribution in [0.3, 0.4) is 0 Å². The maximum atomic E-state index is 12.4. The zero-order valence-corrected chi connectivity index (χ0v) is 12.3. The lowest BCUT2D eigenvalue weighted by Crippen LogP contribution is -2.53. The van der Waals surface area contributed by atoms with Crippen molar-refractivity contribution in [3.63, 3.8) is 0 Å². The lowest BCUT2D eigenvalue weighted by Gasteiger charge is -2.35. The van der Waals surface area contributed by atoms with Crippen molar-refractivity contribution in [3.8, 4) is 0 Å². The van der Waals surface area contributed by atoms with Gasteiger partial charge in [0, 0.05) is 13.2 Å². The first-order chi connectivity index (χ1) is 9.76. The molecule has 2 atom stereocenters. The average molecular weight is 285 g/mol. The van der Waals surface area contributed by atoms with Crippen molar-refractivity contribution in [2.45, 2.75) is 43.8 Å². The Balaban J connectivity index is 1.90. The highest BCUT2D eigenvalue weighted by Gasteiger charge is 2.36. The molecule has 6 heteroatoms. The summed E-state index contributed by atoms with van der Waals surface area (Å²) in [6.45, 7) is 3.36. The highest BCUT2D eigenvalue weighted by atomic mass is 16.5. The Morgan fingerprint density at radius 3 is 2.85 bits per heavy atom. The van der Waals surface area contributed by atoms with Crippen LogP contribution in [0.2, 0.25) is 0 Å². The second-order valence-corrected chi connectivity index (χ2v) is 5.72. The van der Waals surface area contributed by atoms with Crippen molar-refractivity contribution in [2.75, 3.05) is 40.0 Å². The van der Waals surface area contributed by atoms with Gasteiger partial charge in [0.15, 0.2) is 0 Å². The molecule has 2 saturated heterocycles. The van der Waals surface area contributed by atoms with Crippen molar-refractivity contribution >= 4 is 5.91 Å². The van der Waals surface area contributed by atoms with Crippen LogP contribution in [0.1, 0.15) is 25.7 Å². The zero-order valence-electron chi connectivity index (χ0n) is 12.3. The number of hydrogen-bond donors (Lipinski definition) is 3. The third kappa shape index (κ3) is 3.91. The molecular formula is C14H27N3O3. The van der Waals surface area contributed by atoms with E-state index in [-0.39, 0.29) is 24.6 Å². The number of aliphatic hydroxyl groups is 1. The number of rotatable bonds is 6. The quantitative estimate of drug-likeness (QED) is 0.603. The fourth-order valence-corrected chi connectivity index (χ4v) is 3.28. The summed E-state index contributed by atoms with van der Waals surface area (Å²) in [6, 6.07) is 0.177. The molecule has 2 aliphatic rings. The van der Waals surface area contributed by atoms with Gasteiger partial charge in [0.25, 0.3) is 0 Å². The smallest absolute Gasteiger partial charge is 0.237 e. The first-order valence-corrected chi connectivity index (χ1v) is 7.63. The van der Waals surface area contributed by atoms with Crippen molar-refractivity contribution in [1.82, 2.24) is 15.5 Å². The van der Waals surface area contributed by atoms with Crippen LogP contribution in [0, 0.1) is 0 Å². The van der Waals surface area contributed by atoms with Crippen LogP contribution in [0.15, 0.2) is 0 Å². The monoisotopic (exact) mass is 285 g/mol. The van der Waals surface area contributed by atoms with E-state index < -0.39 is 0 Å². The number of ether oxygens (including phenoxy) is 1. The highest BCUT2D eigenvalue weighted by Crippen LogP contribution is 2.24. The summed E-state index contributed by atoms with van der Waals surface area (Å²) in [6.07, 6.45) is 4.23. The van der Waals surface area contributed by atoms with Gasteiger partial charge in [-0.2, -0.15) is 0 Å². The van der Waals surface area contributed by atoms with E-state index in [2.05, 4.69) is 15.5 Å². The topological polar surface area (TPSA) is 73.8 Å². The second kappa shape index (κ2) is 7.93. The molecule has 0 aliphatic carbocycles. The van der Waals surface area contributed by atoms with E-state index in [1.165, 1.54) is 0 Å². The Morgan fingerprint density at radius 2 is 2.20 bits per heavy atom. The summed E-state index contributed by atoms with van der Waals surface area (Å²) < 4.78 is 5.00. The lowest BCUT2D eigenvalue weighted by atomic mass is 10.0. The highest BCUT2D eigenvalue weighted by molar-refractivity contribution is 5.82. The first-order valence-electron chi connectivity index (χ1n) is 7.63. The number of nitrogens with zero attached hydrogens (tertiary/aromatic N) is 1. The molecule has 0 radical (unpaired) electrons. The van der Waals surface area contributed by atoms with Gasteiger partial charge in [-0.1, -0.05) is 0 Å². The lowest BCUT2D eigenvalue weighted by molar-refractivity contribution is -0.127. The van der Waals surface area contributed by atoms with Crippen LogP contribution in [0.4, 0.5) is 0 Å². The largest absolute Gasteiger partial charge is 0.394 e. The van der Waals surface area contributed by atoms with Crippen molar-refractivity contribution in [2.24, 2.45) is 0 Å². The summed E-state index contributed by atoms with van der Waals surface area (Å²) in [5.41, 5.74) is 0. The molecule has 6 nitrogen and oxygen atoms in total. The molecule has 2 heterocycles. The molecule has 2 unspecified atom stereocenters. The average Bonchev–Trinajstić information content (AvgIpc) is 2.97. The van der Waals surface area contributed by atoms with Crippen LogP contribution >= 0.6 is 0 Å². The number of amides is 1. The SMILES string of the molecule is COCC(CO)NC(=O)C1CCCN1C1CCNCC1. The van der Waals surface area contributed by atoms with Crippen LogP contribution < -0.4 is 10.6 Å². The number of hydrogen-bond acceptors (Lipinski definition) is 5. The summed E-state index contributed by atoms with van der Waals surface area (Å²) in [4.78, 5) is 14.8. The summed E-state index contributed by atoms with van der Waals surface area (Å²) in [5, 5.41) is 15.5. The van der Waals surface area contributed by atoms with E-state index in [9.17, 15) is 9.90 Å². The van der Waals surface area contributed by atoms with Crippen molar-refractivity contribution in [1.29, 1.82) is 0 Å². The fraction of sp³-hybridized carbons (Fsp3) is 0.929. The summed E-state index contributed by atoms with van der Waals surface area (Å²) in [5.74, 6) is 0.0390. The molecule has 2 fully saturated rings. The van der Waals surface area contributed by atoms with Gasteiger partial charge in [-0.05, 0) is 45.3 Å². The Bertz CT molecular complexity index is 308. The van der Waals surface area contributed by atoms with Crippen LogP contribution in [0.25, 0.3) is 0 Å². The normalized spacial score (nSPS) is 26.6. The number of carbonyl (C=O) groups excluding carboxylic acids is 1. The first kappa shape index (κ1) is 15.7. The molecule has 3 N–H and O–H groups in total. The third-order valence-corrected chi connectivity index (χ3v) is 4.31. The number of piperidine rings is 1. The van der Waals surface area contributed by atoms with Gasteiger partial charge in [0.2, 0.25) is 5.91 Å². The molecule has 0 bridgehead atoms. The maximum Gasteiger partial charge on any atom is 0.237 e. The molecule has 0 aromatic rings. The van der Waals surface area contributed by atoms with E-state index in [0.29, 0.717) is 12.6 Å². The van der Waals surface area contributed by atoms with Crippen LogP contribution in [-0.4, -0.2) is 74.0 Å². The van der Waals surface area contributed by atoms with Gasteiger partial charge in [-0.15, -0.1) is 0 Å². The molecular weight excluding hydrogens is 258 g/mol. The maximum absolute atomic E-state index is 12.4. The number of nitrogens with one attached hydrogen (secondary N) is 2. The van der Waals surface area contributed by atoms with Gasteiger partial charge in [0.1, 0.15) is 0 Å². The standard InChI is InChI=1S/C14H27N3O3/c1-20-10-11(9-18)16-14(19)13-3-2-8-17(13)12-4-6-15-7-5-12/h11-13,15,18H,2-10H2,1H3,(H,16,19). The van der Waals surface area contributed by atoms with E-state index in [4.69, 9.17) is 4.74 Å². The van der Waals surface area contributed by atoms with E-state index in [1.54, 1.807) is 7.11 Å². The molecule has 1 amide bonds. The second-order valence-electron chi connectivity index (χ2n) is 5.72. The molecule has 2 aliphatic heterocycles. The Morgan fingerprint density at radius 1 is 1.45 bits per heavy atom. The predicted molar refractivity (Wildman–Crippen MR) is 76.5 cm³/mol. The molecule has 2 rings (SSSR count). The predicted octanol–water partition coefficient (Wildman–Crippen LogP) is -0.674. The van der Waals surface area contributed by atoms with E-state index in [0.717, 1.165) is 45.3 Å². The Hall–Kier alpha value is -0.690. The van der Waals surface area contributed by atoms with E-state index >= 15 is 0 Å². The van der Waals surface area contributed by atoms with Gasteiger partial charge >= 0.3 is 0 Å². The number of likely N-dealkylation sites (tertiary alicyclic amines) is 1. The molecule has 20 heavy (non-hydrogen) atoms. The van der Waals surface area contributed by atoms with Gasteiger partial charge in [-0.25, -0.2) is 0 Å². The third-order valence-electron chi connectivity index (χ3n) is 4.31. The van der Waals surface area contributed by atoms with Crippen LogP contribution in [0.5, 0.6) is 0 Å². The molecule has 0 spiro atoms. The van der Waals surface area contributed by atoms with Crippen molar-refractivity contribution in [3.05, 3.63) is 0 Å². The van der Waals surface area contributed by atoms with Gasteiger partial charge < -0.3 is 20.5 Å². The Kier molecular flexibility index (Phi) is 6.22. The minimum absolute atomic E-state index is 0.0380. The summed E-state index contributed by atoms with van der Waals surface area (Å²) in [7, 11) is 1.58. The summed E-state index contributed by atoms with van der Waals surface area (Å²) >= 11 is 0. The number of methoxy groups -OCH3 is 1. The fourth-order valence-electron chi connectivity index (χ4n) is 3.28. The van der Waals surface area contributed by atoms with E-state index in [1.807, 2.05) is 0 Å². The molecule has 116 valence electrons. The zero-order chi connectivity index (χ0) is 14.4. The number of aliphatic hydroxyl groups excluding tert-OH is 1.